The van der Waals surface area contributed by atoms with E-state index in [-0.39, 0.29) is 12.5 Å². The Bertz CT molecular complexity index is 564. The zero-order valence-electron chi connectivity index (χ0n) is 12.3. The van der Waals surface area contributed by atoms with E-state index in [4.69, 9.17) is 16.3 Å². The maximum absolute atomic E-state index is 11.3. The van der Waals surface area contributed by atoms with Gasteiger partial charge in [0.05, 0.1) is 16.4 Å². The summed E-state index contributed by atoms with van der Waals surface area (Å²) >= 11 is 6.31. The van der Waals surface area contributed by atoms with Gasteiger partial charge < -0.3 is 20.3 Å². The highest BCUT2D eigenvalue weighted by Crippen LogP contribution is 2.37. The smallest absolute Gasteiger partial charge is 0.262 e. The molecule has 2 aliphatic rings. The third-order valence-corrected chi connectivity index (χ3v) is 4.58. The lowest BCUT2D eigenvalue weighted by molar-refractivity contribution is -0.118. The summed E-state index contributed by atoms with van der Waals surface area (Å²) in [6.07, 6.45) is 2.17. The van der Waals surface area contributed by atoms with E-state index in [0.29, 0.717) is 28.5 Å². The van der Waals surface area contributed by atoms with Crippen molar-refractivity contribution < 1.29 is 9.53 Å². The summed E-state index contributed by atoms with van der Waals surface area (Å²) in [5.41, 5.74) is 1.51. The number of carbonyl (C=O) groups is 1. The molecule has 2 N–H and O–H groups in total. The Balaban J connectivity index is 1.75. The number of piperidine rings is 1. The SMILES string of the molecule is CC1CC(Nc2cc3c(cc2Cl)NC(=O)CO3)CCN1C. The van der Waals surface area contributed by atoms with E-state index in [2.05, 4.69) is 29.5 Å². The fourth-order valence-corrected chi connectivity index (χ4v) is 3.07. The number of amides is 1. The minimum Gasteiger partial charge on any atom is -0.482 e. The molecule has 0 saturated carbocycles. The van der Waals surface area contributed by atoms with Crippen molar-refractivity contribution >= 4 is 28.9 Å². The first-order valence-electron chi connectivity index (χ1n) is 7.26. The van der Waals surface area contributed by atoms with Crippen LogP contribution in [0, 0.1) is 0 Å². The minimum atomic E-state index is -0.150. The van der Waals surface area contributed by atoms with E-state index in [1.165, 1.54) is 0 Å². The molecule has 1 fully saturated rings. The number of likely N-dealkylation sites (tertiary alicyclic amines) is 1. The highest BCUT2D eigenvalue weighted by atomic mass is 35.5. The molecule has 0 aliphatic carbocycles. The van der Waals surface area contributed by atoms with Crippen LogP contribution in [0.4, 0.5) is 11.4 Å². The normalized spacial score (nSPS) is 25.8. The summed E-state index contributed by atoms with van der Waals surface area (Å²) in [4.78, 5) is 13.7. The maximum atomic E-state index is 11.3. The Morgan fingerprint density at radius 2 is 2.29 bits per heavy atom. The van der Waals surface area contributed by atoms with Gasteiger partial charge in [0.2, 0.25) is 0 Å². The molecule has 114 valence electrons. The quantitative estimate of drug-likeness (QED) is 0.881. The first-order chi connectivity index (χ1) is 10.0. The summed E-state index contributed by atoms with van der Waals surface area (Å²) < 4.78 is 5.44. The molecule has 2 heterocycles. The van der Waals surface area contributed by atoms with Crippen LogP contribution >= 0.6 is 11.6 Å². The van der Waals surface area contributed by atoms with Crippen molar-refractivity contribution in [3.8, 4) is 5.75 Å². The van der Waals surface area contributed by atoms with Crippen molar-refractivity contribution in [2.24, 2.45) is 0 Å². The lowest BCUT2D eigenvalue weighted by atomic mass is 9.98. The van der Waals surface area contributed by atoms with Crippen LogP contribution in [0.5, 0.6) is 5.75 Å². The lowest BCUT2D eigenvalue weighted by Crippen LogP contribution is -2.42. The summed E-state index contributed by atoms with van der Waals surface area (Å²) in [6.45, 7) is 3.37. The molecular weight excluding hydrogens is 290 g/mol. The number of benzene rings is 1. The zero-order valence-corrected chi connectivity index (χ0v) is 13.0. The van der Waals surface area contributed by atoms with E-state index < -0.39 is 0 Å². The van der Waals surface area contributed by atoms with Gasteiger partial charge in [-0.05, 0) is 32.9 Å². The van der Waals surface area contributed by atoms with Gasteiger partial charge in [-0.1, -0.05) is 11.6 Å². The van der Waals surface area contributed by atoms with Crippen LogP contribution in [-0.4, -0.2) is 43.1 Å². The molecule has 6 heteroatoms. The average molecular weight is 310 g/mol. The Labute approximate surface area is 129 Å². The largest absolute Gasteiger partial charge is 0.482 e. The summed E-state index contributed by atoms with van der Waals surface area (Å²) in [5.74, 6) is 0.519. The molecule has 2 atom stereocenters. The van der Waals surface area contributed by atoms with Crippen molar-refractivity contribution in [1.82, 2.24) is 4.90 Å². The Kier molecular flexibility index (Phi) is 3.95. The van der Waals surface area contributed by atoms with Crippen LogP contribution < -0.4 is 15.4 Å². The van der Waals surface area contributed by atoms with Crippen molar-refractivity contribution in [3.63, 3.8) is 0 Å². The molecule has 1 amide bonds. The Morgan fingerprint density at radius 3 is 3.05 bits per heavy atom. The van der Waals surface area contributed by atoms with Gasteiger partial charge in [0.15, 0.2) is 6.61 Å². The summed E-state index contributed by atoms with van der Waals surface area (Å²) in [7, 11) is 2.16. The molecule has 0 aromatic heterocycles. The van der Waals surface area contributed by atoms with Crippen LogP contribution in [0.25, 0.3) is 0 Å². The van der Waals surface area contributed by atoms with Crippen molar-refractivity contribution in [3.05, 3.63) is 17.2 Å². The molecule has 5 nitrogen and oxygen atoms in total. The van der Waals surface area contributed by atoms with E-state index >= 15 is 0 Å². The number of anilines is 2. The number of hydrogen-bond acceptors (Lipinski definition) is 4. The number of carbonyl (C=O) groups excluding carboxylic acids is 1. The third kappa shape index (κ3) is 3.09. The maximum Gasteiger partial charge on any atom is 0.262 e. The molecule has 1 aromatic carbocycles. The Morgan fingerprint density at radius 1 is 1.48 bits per heavy atom. The topological polar surface area (TPSA) is 53.6 Å². The fourth-order valence-electron chi connectivity index (χ4n) is 2.85. The van der Waals surface area contributed by atoms with Gasteiger partial charge in [-0.15, -0.1) is 0 Å². The predicted molar refractivity (Wildman–Crippen MR) is 84.3 cm³/mol. The molecule has 2 unspecified atom stereocenters. The molecule has 0 bridgehead atoms. The number of nitrogens with zero attached hydrogens (tertiary/aromatic N) is 1. The molecule has 2 aliphatic heterocycles. The van der Waals surface area contributed by atoms with Crippen LogP contribution in [0.15, 0.2) is 12.1 Å². The van der Waals surface area contributed by atoms with Gasteiger partial charge in [-0.25, -0.2) is 0 Å². The van der Waals surface area contributed by atoms with E-state index in [0.717, 1.165) is 25.1 Å². The van der Waals surface area contributed by atoms with Gasteiger partial charge in [0, 0.05) is 24.7 Å². The zero-order chi connectivity index (χ0) is 15.0. The van der Waals surface area contributed by atoms with Crippen LogP contribution in [0.3, 0.4) is 0 Å². The summed E-state index contributed by atoms with van der Waals surface area (Å²) in [5, 5.41) is 6.87. The standard InChI is InChI=1S/C15H20ClN3O2/c1-9-5-10(3-4-19(9)2)17-12-7-14-13(6-11(12)16)18-15(20)8-21-14/h6-7,9-10,17H,3-5,8H2,1-2H3,(H,18,20). The monoisotopic (exact) mass is 309 g/mol. The van der Waals surface area contributed by atoms with Gasteiger partial charge in [0.1, 0.15) is 5.75 Å². The number of hydrogen-bond donors (Lipinski definition) is 2. The fraction of sp³-hybridized carbons (Fsp3) is 0.533. The Hall–Kier alpha value is -1.46. The number of nitrogens with one attached hydrogen (secondary N) is 2. The van der Waals surface area contributed by atoms with Gasteiger partial charge in [0.25, 0.3) is 5.91 Å². The predicted octanol–water partition coefficient (Wildman–Crippen LogP) is 2.57. The van der Waals surface area contributed by atoms with E-state index in [1.54, 1.807) is 6.07 Å². The number of fused-ring (bicyclic) bond motifs is 1. The number of rotatable bonds is 2. The van der Waals surface area contributed by atoms with E-state index in [1.807, 2.05) is 6.07 Å². The first-order valence-corrected chi connectivity index (χ1v) is 7.63. The highest BCUT2D eigenvalue weighted by Gasteiger charge is 2.24. The number of ether oxygens (including phenoxy) is 1. The molecular formula is C15H20ClN3O2. The lowest BCUT2D eigenvalue weighted by Gasteiger charge is -2.36. The highest BCUT2D eigenvalue weighted by molar-refractivity contribution is 6.33. The molecule has 1 saturated heterocycles. The first kappa shape index (κ1) is 14.5. The molecule has 1 aromatic rings. The molecule has 3 rings (SSSR count). The van der Waals surface area contributed by atoms with Crippen molar-refractivity contribution in [1.29, 1.82) is 0 Å². The van der Waals surface area contributed by atoms with Gasteiger partial charge in [-0.3, -0.25) is 4.79 Å². The second-order valence-electron chi connectivity index (χ2n) is 5.86. The molecule has 0 spiro atoms. The second kappa shape index (κ2) is 5.73. The van der Waals surface area contributed by atoms with Gasteiger partial charge >= 0.3 is 0 Å². The molecule has 0 radical (unpaired) electrons. The molecule has 21 heavy (non-hydrogen) atoms. The van der Waals surface area contributed by atoms with Crippen LogP contribution in [-0.2, 0) is 4.79 Å². The minimum absolute atomic E-state index is 0.0549. The third-order valence-electron chi connectivity index (χ3n) is 4.27. The van der Waals surface area contributed by atoms with Crippen LogP contribution in [0.1, 0.15) is 19.8 Å². The second-order valence-corrected chi connectivity index (χ2v) is 6.27. The van der Waals surface area contributed by atoms with Crippen molar-refractivity contribution in [2.75, 3.05) is 30.8 Å². The van der Waals surface area contributed by atoms with Gasteiger partial charge in [-0.2, -0.15) is 0 Å². The van der Waals surface area contributed by atoms with E-state index in [9.17, 15) is 4.79 Å². The van der Waals surface area contributed by atoms with Crippen LogP contribution in [0.2, 0.25) is 5.02 Å². The van der Waals surface area contributed by atoms with Crippen molar-refractivity contribution in [2.45, 2.75) is 31.8 Å². The number of halogens is 1. The average Bonchev–Trinajstić information content (AvgIpc) is 2.44. The summed E-state index contributed by atoms with van der Waals surface area (Å²) in [6, 6.07) is 4.59.